The van der Waals surface area contributed by atoms with Crippen molar-refractivity contribution in [2.75, 3.05) is 53.8 Å². The van der Waals surface area contributed by atoms with E-state index in [4.69, 9.17) is 38.2 Å². The first-order valence-corrected chi connectivity index (χ1v) is 28.9. The van der Waals surface area contributed by atoms with Crippen LogP contribution in [-0.2, 0) is 55.8 Å². The molecule has 2 unspecified atom stereocenters. The van der Waals surface area contributed by atoms with Crippen LogP contribution in [-0.4, -0.2) is 198 Å². The van der Waals surface area contributed by atoms with E-state index in [1.165, 1.54) is 16.8 Å². The van der Waals surface area contributed by atoms with E-state index in [9.17, 15) is 32.9 Å². The molecule has 3 N–H and O–H groups in total. The number of methoxy groups -OCH3 is 2. The number of fused-ring (bicyclic) bond motifs is 1. The van der Waals surface area contributed by atoms with Gasteiger partial charge in [0, 0.05) is 76.2 Å². The van der Waals surface area contributed by atoms with Crippen molar-refractivity contribution in [3.63, 3.8) is 0 Å². The van der Waals surface area contributed by atoms with Crippen molar-refractivity contribution >= 4 is 21.6 Å². The monoisotopic (exact) mass is 1080 g/mol. The Balaban J connectivity index is 1.19. The molecule has 2 bridgehead atoms. The predicted molar refractivity (Wildman–Crippen MR) is 278 cm³/mol. The van der Waals surface area contributed by atoms with Crippen molar-refractivity contribution in [1.82, 2.24) is 24.8 Å². The fraction of sp³-hybridized carbons (Fsp3) is 0.815. The highest BCUT2D eigenvalue weighted by Crippen LogP contribution is 2.48. The van der Waals surface area contributed by atoms with Crippen LogP contribution in [0.5, 0.6) is 0 Å². The zero-order valence-electron chi connectivity index (χ0n) is 46.7. The highest BCUT2D eigenvalue weighted by molar-refractivity contribution is 7.90. The van der Waals surface area contributed by atoms with Gasteiger partial charge in [0.25, 0.3) is 0 Å². The van der Waals surface area contributed by atoms with Gasteiger partial charge in [0.1, 0.15) is 25.0 Å². The van der Waals surface area contributed by atoms with Crippen molar-refractivity contribution in [1.29, 1.82) is 0 Å². The Hall–Kier alpha value is -3.22. The lowest BCUT2D eigenvalue weighted by molar-refractivity contribution is -0.308. The van der Waals surface area contributed by atoms with E-state index in [1.54, 1.807) is 37.4 Å². The molecule has 424 valence electrons. The van der Waals surface area contributed by atoms with Crippen LogP contribution in [0.15, 0.2) is 40.4 Å². The molecule has 7 rings (SSSR count). The number of hydrogen-bond acceptors (Lipinski definition) is 17. The Kier molecular flexibility index (Phi) is 18.7. The molecular weight excluding hydrogens is 992 g/mol. The Morgan fingerprint density at radius 1 is 0.960 bits per heavy atom. The number of ether oxygens (including phenoxy) is 7. The number of aliphatic hydroxyl groups excluding tert-OH is 3. The lowest BCUT2D eigenvalue weighted by Crippen LogP contribution is -2.63. The number of amides is 1. The SMILES string of the molecule is CC[C@H]1OC(O)[C@H](C)[C@@H](C2C[C@@](C)(OC)[C@@H](O)[C@H](C)O2)[C@H](C)[C@@H](O[C@@H]2O[C@H](C)C[C@H](N(C)CCc3cn([C@H](CF)Cc4ccc(S(C)(=O)=O)cc4)nn3)[C@H]2O)[C@](C)(OC)C[C@@H](C)C2=NCCN3C(=O)O[C@@]1(C)[C@H]3[C@H]2C. The molecule has 0 saturated carbocycles. The first-order valence-electron chi connectivity index (χ1n) is 27.0. The lowest BCUT2D eigenvalue weighted by Gasteiger charge is -2.53. The number of benzene rings is 1. The summed E-state index contributed by atoms with van der Waals surface area (Å²) < 4.78 is 86.4. The summed E-state index contributed by atoms with van der Waals surface area (Å²) in [6, 6.07) is 4.88. The van der Waals surface area contributed by atoms with E-state index in [-0.39, 0.29) is 35.7 Å². The molecule has 19 nitrogen and oxygen atoms in total. The Labute approximate surface area is 444 Å². The van der Waals surface area contributed by atoms with Gasteiger partial charge in [0.2, 0.25) is 0 Å². The number of sulfone groups is 1. The molecule has 1 aromatic heterocycles. The standard InChI is InChI=1S/C54H87FN6O13S/c1-15-42-54(10)46-34(6)44(56-21-23-60(46)51(65)74-54)30(2)26-53(9,69-13)48(32(4)43(33(5)49(64)72-42)41-27-52(8,68-12)47(63)35(7)71-41)73-50-45(62)40(24-31(3)70-50)59(11)22-20-37-29-61(58-57-37)38(28-55)25-36-16-18-39(19-17-36)75(14,66)67/h16-19,29-35,38,40-43,45-50,62-64H,15,20-28H2,1-14H3/t30-,31-,32+,33-,34+,35+,38+,40+,41?,42-,43+,45-,46-,47+,48-,49?,50+,52-,53-,54-/m1/s1. The molecule has 75 heavy (non-hydrogen) atoms. The van der Waals surface area contributed by atoms with Gasteiger partial charge >= 0.3 is 6.09 Å². The van der Waals surface area contributed by atoms with E-state index >= 15 is 0 Å². The highest BCUT2D eigenvalue weighted by atomic mass is 32.2. The summed E-state index contributed by atoms with van der Waals surface area (Å²) in [5.41, 5.74) is -0.949. The summed E-state index contributed by atoms with van der Waals surface area (Å²) in [5, 5.41) is 45.1. The molecule has 5 aliphatic rings. The van der Waals surface area contributed by atoms with E-state index in [0.29, 0.717) is 51.0 Å². The van der Waals surface area contributed by atoms with Crippen LogP contribution in [0.3, 0.4) is 0 Å². The minimum Gasteiger partial charge on any atom is -0.438 e. The zero-order valence-corrected chi connectivity index (χ0v) is 47.5. The smallest absolute Gasteiger partial charge is 0.410 e. The van der Waals surface area contributed by atoms with Gasteiger partial charge in [0.15, 0.2) is 28.0 Å². The van der Waals surface area contributed by atoms with E-state index in [2.05, 4.69) is 29.1 Å². The summed E-state index contributed by atoms with van der Waals surface area (Å²) in [6.07, 6.45) is -3.01. The van der Waals surface area contributed by atoms with Gasteiger partial charge in [-0.2, -0.15) is 0 Å². The average molecular weight is 1080 g/mol. The van der Waals surface area contributed by atoms with Gasteiger partial charge in [0.05, 0.1) is 64.8 Å². The number of halogens is 1. The number of likely N-dealkylation sites (N-methyl/N-ethyl adjacent to an activating group) is 1. The summed E-state index contributed by atoms with van der Waals surface area (Å²) >= 11 is 0. The molecule has 1 amide bonds. The van der Waals surface area contributed by atoms with Crippen molar-refractivity contribution in [2.24, 2.45) is 34.6 Å². The van der Waals surface area contributed by atoms with Crippen LogP contribution < -0.4 is 0 Å². The first-order chi connectivity index (χ1) is 35.2. The summed E-state index contributed by atoms with van der Waals surface area (Å²) in [4.78, 5) is 23.0. The minimum atomic E-state index is -3.37. The third kappa shape index (κ3) is 12.2. The Bertz CT molecular complexity index is 2390. The molecule has 2 aromatic rings. The van der Waals surface area contributed by atoms with Crippen LogP contribution in [0, 0.1) is 29.6 Å². The van der Waals surface area contributed by atoms with Crippen molar-refractivity contribution in [3.8, 4) is 0 Å². The van der Waals surface area contributed by atoms with Crippen LogP contribution >= 0.6 is 0 Å². The van der Waals surface area contributed by atoms with Gasteiger partial charge in [-0.05, 0) is 103 Å². The molecule has 6 heterocycles. The molecule has 4 saturated heterocycles. The van der Waals surface area contributed by atoms with Crippen LogP contribution in [0.4, 0.5) is 9.18 Å². The zero-order chi connectivity index (χ0) is 55.1. The first kappa shape index (κ1) is 59.4. The van der Waals surface area contributed by atoms with Gasteiger partial charge < -0.3 is 53.4 Å². The number of aliphatic hydroxyl groups is 3. The number of alkyl halides is 1. The molecule has 4 fully saturated rings. The quantitative estimate of drug-likeness (QED) is 0.208. The number of carbonyl (C=O) groups is 1. The molecule has 5 aliphatic heterocycles. The fourth-order valence-electron chi connectivity index (χ4n) is 13.5. The molecular formula is C54H87FN6O13S. The van der Waals surface area contributed by atoms with Crippen molar-refractivity contribution in [2.45, 2.75) is 203 Å². The topological polar surface area (TPSA) is 226 Å². The second-order valence-corrected chi connectivity index (χ2v) is 25.2. The maximum atomic E-state index is 14.5. The molecule has 21 heteroatoms. The fourth-order valence-corrected chi connectivity index (χ4v) is 14.1. The number of hydrogen-bond donors (Lipinski definition) is 3. The molecule has 1 aromatic carbocycles. The van der Waals surface area contributed by atoms with E-state index in [0.717, 1.165) is 17.5 Å². The maximum Gasteiger partial charge on any atom is 0.410 e. The van der Waals surface area contributed by atoms with Crippen molar-refractivity contribution in [3.05, 3.63) is 41.7 Å². The van der Waals surface area contributed by atoms with Crippen LogP contribution in [0.1, 0.15) is 112 Å². The molecule has 20 atom stereocenters. The number of aliphatic imine (C=N–C) groups is 1. The molecule has 0 spiro atoms. The maximum absolute atomic E-state index is 14.5. The predicted octanol–water partition coefficient (Wildman–Crippen LogP) is 5.22. The normalized spacial score (nSPS) is 40.7. The second kappa shape index (κ2) is 23.6. The van der Waals surface area contributed by atoms with E-state index in [1.807, 2.05) is 62.4 Å². The van der Waals surface area contributed by atoms with Crippen LogP contribution in [0.25, 0.3) is 0 Å². The third-order valence-corrected chi connectivity index (χ3v) is 19.0. The highest BCUT2D eigenvalue weighted by Gasteiger charge is 2.61. The van der Waals surface area contributed by atoms with Gasteiger partial charge in [-0.3, -0.25) is 9.89 Å². The number of aromatic nitrogens is 3. The Morgan fingerprint density at radius 2 is 1.64 bits per heavy atom. The Morgan fingerprint density at radius 3 is 2.27 bits per heavy atom. The third-order valence-electron chi connectivity index (χ3n) is 17.9. The van der Waals surface area contributed by atoms with Gasteiger partial charge in [-0.25, -0.2) is 22.3 Å². The van der Waals surface area contributed by atoms with Crippen LogP contribution in [0.2, 0.25) is 0 Å². The number of carbonyl (C=O) groups excluding carboxylic acids is 1. The minimum absolute atomic E-state index is 0.193. The van der Waals surface area contributed by atoms with Crippen molar-refractivity contribution < 1.29 is 66.1 Å². The second-order valence-electron chi connectivity index (χ2n) is 23.2. The van der Waals surface area contributed by atoms with Gasteiger partial charge in [-0.15, -0.1) is 5.10 Å². The van der Waals surface area contributed by atoms with Gasteiger partial charge in [-0.1, -0.05) is 52.0 Å². The average Bonchev–Trinajstić information content (AvgIpc) is 3.88. The summed E-state index contributed by atoms with van der Waals surface area (Å²) in [7, 11) is 1.79. The number of nitrogens with zero attached hydrogens (tertiary/aromatic N) is 6. The lowest BCUT2D eigenvalue weighted by atomic mass is 9.67. The number of rotatable bonds is 15. The molecule has 0 radical (unpaired) electrons. The molecule has 0 aliphatic carbocycles. The largest absolute Gasteiger partial charge is 0.438 e. The summed E-state index contributed by atoms with van der Waals surface area (Å²) in [5.74, 6) is -2.20. The summed E-state index contributed by atoms with van der Waals surface area (Å²) in [6.45, 7) is 20.2. The van der Waals surface area contributed by atoms with E-state index < -0.39 is 124 Å².